The molecule has 162 valence electrons. The molecule has 0 saturated carbocycles. The molecule has 0 radical (unpaired) electrons. The third-order valence-corrected chi connectivity index (χ3v) is 5.26. The van der Waals surface area contributed by atoms with Gasteiger partial charge in [0.2, 0.25) is 0 Å². The van der Waals surface area contributed by atoms with E-state index in [9.17, 15) is 31.2 Å². The van der Waals surface area contributed by atoms with Crippen LogP contribution in [-0.2, 0) is 19.6 Å². The number of hydrogen-bond donors (Lipinski definition) is 2. The first-order chi connectivity index (χ1) is 13.9. The topological polar surface area (TPSA) is 102 Å². The molecule has 0 saturated heterocycles. The van der Waals surface area contributed by atoms with Crippen LogP contribution >= 0.6 is 11.6 Å². The number of sulfonamides is 1. The highest BCUT2D eigenvalue weighted by molar-refractivity contribution is 7.92. The van der Waals surface area contributed by atoms with Crippen molar-refractivity contribution in [1.82, 2.24) is 5.32 Å². The Kier molecular flexibility index (Phi) is 7.32. The summed E-state index contributed by atoms with van der Waals surface area (Å²) in [6.45, 7) is -0.491. The molecule has 2 rings (SSSR count). The third kappa shape index (κ3) is 6.63. The number of halogens is 4. The summed E-state index contributed by atoms with van der Waals surface area (Å²) >= 11 is 5.74. The summed E-state index contributed by atoms with van der Waals surface area (Å²) in [5.41, 5.74) is -0.370. The minimum Gasteiger partial charge on any atom is -0.449 e. The van der Waals surface area contributed by atoms with Gasteiger partial charge in [0, 0.05) is 5.02 Å². The van der Waals surface area contributed by atoms with E-state index in [4.69, 9.17) is 16.3 Å². The van der Waals surface area contributed by atoms with Crippen molar-refractivity contribution < 1.29 is 35.9 Å². The van der Waals surface area contributed by atoms with Crippen LogP contribution in [0.5, 0.6) is 0 Å². The number of carbonyl (C=O) groups excluding carboxylic acids is 2. The fourth-order valence-electron chi connectivity index (χ4n) is 2.18. The number of benzene rings is 2. The second-order valence-electron chi connectivity index (χ2n) is 5.99. The van der Waals surface area contributed by atoms with Crippen LogP contribution in [0.2, 0.25) is 5.02 Å². The van der Waals surface area contributed by atoms with Gasteiger partial charge < -0.3 is 10.1 Å². The van der Waals surface area contributed by atoms with Crippen LogP contribution in [0.25, 0.3) is 0 Å². The van der Waals surface area contributed by atoms with Crippen molar-refractivity contribution in [2.75, 3.05) is 11.3 Å². The van der Waals surface area contributed by atoms with Gasteiger partial charge in [-0.25, -0.2) is 13.2 Å². The molecule has 0 bridgehead atoms. The quantitative estimate of drug-likeness (QED) is 0.612. The number of ether oxygens (including phenoxy) is 1. The highest BCUT2D eigenvalue weighted by Crippen LogP contribution is 2.22. The largest absolute Gasteiger partial charge is 0.449 e. The van der Waals surface area contributed by atoms with Crippen molar-refractivity contribution in [2.45, 2.75) is 24.1 Å². The van der Waals surface area contributed by atoms with E-state index in [1.165, 1.54) is 48.5 Å². The molecule has 2 N–H and O–H groups in total. The van der Waals surface area contributed by atoms with Crippen LogP contribution in [-0.4, -0.2) is 39.1 Å². The van der Waals surface area contributed by atoms with Gasteiger partial charge in [-0.05, 0) is 43.3 Å². The second kappa shape index (κ2) is 9.35. The van der Waals surface area contributed by atoms with E-state index in [0.717, 1.165) is 6.92 Å². The van der Waals surface area contributed by atoms with Crippen molar-refractivity contribution in [2.24, 2.45) is 0 Å². The SMILES string of the molecule is CC(OC(=O)c1ccccc1NS(=O)(=O)c1ccc(Cl)cc1)C(=O)NCC(F)(F)F. The second-order valence-corrected chi connectivity index (χ2v) is 8.10. The number of carbonyl (C=O) groups is 2. The van der Waals surface area contributed by atoms with Crippen molar-refractivity contribution in [3.05, 3.63) is 59.1 Å². The van der Waals surface area contributed by atoms with Crippen LogP contribution in [0, 0.1) is 0 Å². The average Bonchev–Trinajstić information content (AvgIpc) is 2.65. The Hall–Kier alpha value is -2.79. The summed E-state index contributed by atoms with van der Waals surface area (Å²) in [5, 5.41) is 1.92. The Bertz CT molecular complexity index is 1030. The van der Waals surface area contributed by atoms with Gasteiger partial charge in [-0.15, -0.1) is 0 Å². The Morgan fingerprint density at radius 1 is 1.10 bits per heavy atom. The first kappa shape index (κ1) is 23.5. The number of esters is 1. The normalized spacial score (nSPS) is 12.7. The molecule has 0 aliphatic heterocycles. The van der Waals surface area contributed by atoms with Gasteiger partial charge in [-0.2, -0.15) is 13.2 Å². The molecular weight excluding hydrogens is 449 g/mol. The molecule has 0 spiro atoms. The molecule has 0 heterocycles. The summed E-state index contributed by atoms with van der Waals surface area (Å²) in [6.07, 6.45) is -6.16. The molecule has 7 nitrogen and oxygen atoms in total. The molecule has 1 amide bonds. The zero-order valence-electron chi connectivity index (χ0n) is 15.4. The molecule has 30 heavy (non-hydrogen) atoms. The van der Waals surface area contributed by atoms with Gasteiger partial charge in [0.05, 0.1) is 16.1 Å². The number of para-hydroxylation sites is 1. The lowest BCUT2D eigenvalue weighted by Gasteiger charge is -2.16. The fourth-order valence-corrected chi connectivity index (χ4v) is 3.38. The van der Waals surface area contributed by atoms with Gasteiger partial charge in [0.15, 0.2) is 6.10 Å². The Balaban J connectivity index is 2.15. The van der Waals surface area contributed by atoms with Crippen LogP contribution in [0.1, 0.15) is 17.3 Å². The zero-order valence-corrected chi connectivity index (χ0v) is 16.9. The maximum atomic E-state index is 12.5. The summed E-state index contributed by atoms with van der Waals surface area (Å²) in [6, 6.07) is 10.7. The number of rotatable bonds is 7. The lowest BCUT2D eigenvalue weighted by Crippen LogP contribution is -2.40. The molecule has 12 heteroatoms. The molecule has 0 aliphatic carbocycles. The smallest absolute Gasteiger partial charge is 0.405 e. The zero-order chi connectivity index (χ0) is 22.5. The van der Waals surface area contributed by atoms with Crippen molar-refractivity contribution in [3.8, 4) is 0 Å². The van der Waals surface area contributed by atoms with E-state index in [2.05, 4.69) is 4.72 Å². The Morgan fingerprint density at radius 2 is 1.70 bits per heavy atom. The van der Waals surface area contributed by atoms with Gasteiger partial charge >= 0.3 is 12.1 Å². The molecule has 1 unspecified atom stereocenters. The molecule has 2 aromatic rings. The maximum Gasteiger partial charge on any atom is 0.405 e. The van der Waals surface area contributed by atoms with Crippen LogP contribution < -0.4 is 10.0 Å². The van der Waals surface area contributed by atoms with Crippen molar-refractivity contribution in [3.63, 3.8) is 0 Å². The van der Waals surface area contributed by atoms with Crippen LogP contribution in [0.4, 0.5) is 18.9 Å². The fraction of sp³-hybridized carbons (Fsp3) is 0.222. The highest BCUT2D eigenvalue weighted by Gasteiger charge is 2.30. The number of anilines is 1. The summed E-state index contributed by atoms with van der Waals surface area (Å²) in [4.78, 5) is 23.9. The van der Waals surface area contributed by atoms with Crippen LogP contribution in [0.15, 0.2) is 53.4 Å². The van der Waals surface area contributed by atoms with E-state index < -0.39 is 40.7 Å². The minimum absolute atomic E-state index is 0.116. The summed E-state index contributed by atoms with van der Waals surface area (Å²) in [7, 11) is -4.08. The Morgan fingerprint density at radius 3 is 2.30 bits per heavy atom. The lowest BCUT2D eigenvalue weighted by atomic mass is 10.2. The average molecular weight is 465 g/mol. The maximum absolute atomic E-state index is 12.5. The first-order valence-corrected chi connectivity index (χ1v) is 10.2. The molecule has 0 aliphatic rings. The molecular formula is C18H16ClF3N2O5S. The van der Waals surface area contributed by atoms with Gasteiger partial charge in [-0.3, -0.25) is 9.52 Å². The predicted octanol–water partition coefficient (Wildman–Crippen LogP) is 3.36. The van der Waals surface area contributed by atoms with E-state index in [1.54, 1.807) is 5.32 Å². The monoisotopic (exact) mass is 464 g/mol. The van der Waals surface area contributed by atoms with Crippen molar-refractivity contribution in [1.29, 1.82) is 0 Å². The van der Waals surface area contributed by atoms with Gasteiger partial charge in [0.25, 0.3) is 15.9 Å². The molecule has 0 aromatic heterocycles. The third-order valence-electron chi connectivity index (χ3n) is 3.63. The molecule has 1 atom stereocenters. The van der Waals surface area contributed by atoms with Gasteiger partial charge in [-0.1, -0.05) is 23.7 Å². The van der Waals surface area contributed by atoms with E-state index in [-0.39, 0.29) is 16.1 Å². The standard InChI is InChI=1S/C18H16ClF3N2O5S/c1-11(16(25)23-10-18(20,21)22)29-17(26)14-4-2-3-5-15(14)24-30(27,28)13-8-6-12(19)7-9-13/h2-9,11,24H,10H2,1H3,(H,23,25). The number of hydrogen-bond acceptors (Lipinski definition) is 5. The minimum atomic E-state index is -4.62. The lowest BCUT2D eigenvalue weighted by molar-refractivity contribution is -0.143. The van der Waals surface area contributed by atoms with E-state index in [1.807, 2.05) is 0 Å². The van der Waals surface area contributed by atoms with Crippen molar-refractivity contribution >= 4 is 39.2 Å². The number of alkyl halides is 3. The van der Waals surface area contributed by atoms with E-state index in [0.29, 0.717) is 5.02 Å². The predicted molar refractivity (Wildman–Crippen MR) is 103 cm³/mol. The number of amides is 1. The Labute approximate surface area is 175 Å². The first-order valence-electron chi connectivity index (χ1n) is 8.32. The number of nitrogens with one attached hydrogen (secondary N) is 2. The van der Waals surface area contributed by atoms with E-state index >= 15 is 0 Å². The molecule has 0 fully saturated rings. The summed E-state index contributed by atoms with van der Waals surface area (Å²) in [5.74, 6) is -2.25. The molecule has 2 aromatic carbocycles. The van der Waals surface area contributed by atoms with Crippen LogP contribution in [0.3, 0.4) is 0 Å². The summed E-state index contributed by atoms with van der Waals surface area (Å²) < 4.78 is 68.7. The highest BCUT2D eigenvalue weighted by atomic mass is 35.5. The van der Waals surface area contributed by atoms with Gasteiger partial charge in [0.1, 0.15) is 6.54 Å².